The molecule has 1 aliphatic rings. The van der Waals surface area contributed by atoms with Crippen LogP contribution in [0.4, 0.5) is 0 Å². The van der Waals surface area contributed by atoms with E-state index in [1.165, 1.54) is 6.20 Å². The molecule has 1 aliphatic heterocycles. The molecule has 2 aromatic carbocycles. The third kappa shape index (κ3) is 3.69. The average molecular weight is 367 g/mol. The number of carboxylic acid groups (broad SMARTS) is 1. The minimum Gasteiger partial charge on any atom is -0.488 e. The summed E-state index contributed by atoms with van der Waals surface area (Å²) in [5.74, 6) is -0.676. The van der Waals surface area contributed by atoms with E-state index in [4.69, 9.17) is 23.7 Å². The first kappa shape index (κ1) is 17.3. The fraction of sp³-hybridized carbons (Fsp3) is 0.200. The number of aromatic nitrogens is 1. The Balaban J connectivity index is 1.70. The SMILES string of the molecule is O=C(O)c1cnc(-c2cccc(OCc3ccccc3)c2C2OCCO2)o1. The largest absolute Gasteiger partial charge is 0.488 e. The van der Waals surface area contributed by atoms with Crippen molar-refractivity contribution in [3.8, 4) is 17.2 Å². The number of hydrogen-bond acceptors (Lipinski definition) is 6. The fourth-order valence-electron chi connectivity index (χ4n) is 2.86. The molecule has 4 rings (SSSR count). The van der Waals surface area contributed by atoms with E-state index >= 15 is 0 Å². The molecule has 0 aliphatic carbocycles. The van der Waals surface area contributed by atoms with Crippen LogP contribution in [0, 0.1) is 0 Å². The number of ether oxygens (including phenoxy) is 3. The van der Waals surface area contributed by atoms with E-state index < -0.39 is 12.3 Å². The molecule has 0 spiro atoms. The molecular weight excluding hydrogens is 350 g/mol. The normalized spacial score (nSPS) is 14.4. The van der Waals surface area contributed by atoms with E-state index in [-0.39, 0.29) is 11.7 Å². The van der Waals surface area contributed by atoms with Crippen LogP contribution in [0.25, 0.3) is 11.5 Å². The van der Waals surface area contributed by atoms with Gasteiger partial charge in [0.05, 0.1) is 25.0 Å². The number of carbonyl (C=O) groups is 1. The van der Waals surface area contributed by atoms with Gasteiger partial charge in [0, 0.05) is 5.56 Å². The molecule has 2 heterocycles. The van der Waals surface area contributed by atoms with Gasteiger partial charge < -0.3 is 23.7 Å². The Morgan fingerprint density at radius 3 is 2.59 bits per heavy atom. The van der Waals surface area contributed by atoms with Gasteiger partial charge in [-0.25, -0.2) is 9.78 Å². The Kier molecular flexibility index (Phi) is 4.86. The van der Waals surface area contributed by atoms with Gasteiger partial charge in [-0.3, -0.25) is 0 Å². The Hall–Kier alpha value is -3.16. The van der Waals surface area contributed by atoms with Crippen LogP contribution in [-0.4, -0.2) is 29.3 Å². The molecule has 7 nitrogen and oxygen atoms in total. The molecule has 1 N–H and O–H groups in total. The summed E-state index contributed by atoms with van der Waals surface area (Å²) in [5, 5.41) is 9.08. The van der Waals surface area contributed by atoms with E-state index in [1.54, 1.807) is 12.1 Å². The molecule has 0 atom stereocenters. The Bertz CT molecular complexity index is 931. The summed E-state index contributed by atoms with van der Waals surface area (Å²) >= 11 is 0. The van der Waals surface area contributed by atoms with E-state index in [2.05, 4.69) is 4.98 Å². The van der Waals surface area contributed by atoms with Gasteiger partial charge in [0.25, 0.3) is 0 Å². The number of benzene rings is 2. The number of rotatable bonds is 6. The number of carboxylic acids is 1. The number of hydrogen-bond donors (Lipinski definition) is 1. The van der Waals surface area contributed by atoms with Gasteiger partial charge in [0.15, 0.2) is 6.29 Å². The molecule has 0 bridgehead atoms. The zero-order valence-electron chi connectivity index (χ0n) is 14.3. The number of oxazole rings is 1. The zero-order chi connectivity index (χ0) is 18.6. The molecule has 27 heavy (non-hydrogen) atoms. The van der Waals surface area contributed by atoms with Crippen LogP contribution in [0.3, 0.4) is 0 Å². The first-order valence-corrected chi connectivity index (χ1v) is 8.44. The topological polar surface area (TPSA) is 91.0 Å². The first-order chi connectivity index (χ1) is 13.2. The van der Waals surface area contributed by atoms with Crippen molar-refractivity contribution >= 4 is 5.97 Å². The van der Waals surface area contributed by atoms with Crippen molar-refractivity contribution in [3.63, 3.8) is 0 Å². The zero-order valence-corrected chi connectivity index (χ0v) is 14.3. The second kappa shape index (κ2) is 7.61. The minimum absolute atomic E-state index is 0.173. The lowest BCUT2D eigenvalue weighted by molar-refractivity contribution is -0.0455. The summed E-state index contributed by atoms with van der Waals surface area (Å²) in [6, 6.07) is 15.1. The van der Waals surface area contributed by atoms with Crippen LogP contribution in [0.5, 0.6) is 5.75 Å². The van der Waals surface area contributed by atoms with Gasteiger partial charge in [-0.15, -0.1) is 0 Å². The second-order valence-corrected chi connectivity index (χ2v) is 5.90. The summed E-state index contributed by atoms with van der Waals surface area (Å²) in [6.45, 7) is 1.29. The van der Waals surface area contributed by atoms with Gasteiger partial charge in [-0.05, 0) is 17.7 Å². The third-order valence-corrected chi connectivity index (χ3v) is 4.11. The summed E-state index contributed by atoms with van der Waals surface area (Å²) in [4.78, 5) is 15.2. The van der Waals surface area contributed by atoms with Gasteiger partial charge >= 0.3 is 5.97 Å². The van der Waals surface area contributed by atoms with Crippen LogP contribution in [0.15, 0.2) is 59.1 Å². The second-order valence-electron chi connectivity index (χ2n) is 5.90. The maximum Gasteiger partial charge on any atom is 0.373 e. The van der Waals surface area contributed by atoms with Gasteiger partial charge in [0.1, 0.15) is 12.4 Å². The Morgan fingerprint density at radius 1 is 1.11 bits per heavy atom. The molecule has 3 aromatic rings. The van der Waals surface area contributed by atoms with E-state index in [0.29, 0.717) is 36.7 Å². The van der Waals surface area contributed by atoms with Crippen molar-refractivity contribution < 1.29 is 28.5 Å². The lowest BCUT2D eigenvalue weighted by Gasteiger charge is -2.18. The summed E-state index contributed by atoms with van der Waals surface area (Å²) < 4.78 is 22.7. The van der Waals surface area contributed by atoms with Gasteiger partial charge in [-0.1, -0.05) is 36.4 Å². The lowest BCUT2D eigenvalue weighted by atomic mass is 10.1. The van der Waals surface area contributed by atoms with Crippen LogP contribution in [0.1, 0.15) is 28.0 Å². The third-order valence-electron chi connectivity index (χ3n) is 4.11. The summed E-state index contributed by atoms with van der Waals surface area (Å²) in [7, 11) is 0. The predicted molar refractivity (Wildman–Crippen MR) is 94.3 cm³/mol. The Labute approximate surface area is 155 Å². The molecule has 1 fully saturated rings. The van der Waals surface area contributed by atoms with Gasteiger partial charge in [0.2, 0.25) is 11.7 Å². The number of nitrogens with zero attached hydrogens (tertiary/aromatic N) is 1. The quantitative estimate of drug-likeness (QED) is 0.711. The smallest absolute Gasteiger partial charge is 0.373 e. The van der Waals surface area contributed by atoms with Gasteiger partial charge in [-0.2, -0.15) is 0 Å². The van der Waals surface area contributed by atoms with Crippen molar-refractivity contribution in [1.82, 2.24) is 4.98 Å². The minimum atomic E-state index is -1.18. The van der Waals surface area contributed by atoms with Crippen LogP contribution in [0.2, 0.25) is 0 Å². The predicted octanol–water partition coefficient (Wildman–Crippen LogP) is 3.66. The van der Waals surface area contributed by atoms with Crippen molar-refractivity contribution in [3.05, 3.63) is 71.6 Å². The molecule has 0 amide bonds. The van der Waals surface area contributed by atoms with Crippen molar-refractivity contribution in [2.24, 2.45) is 0 Å². The molecule has 1 saturated heterocycles. The van der Waals surface area contributed by atoms with E-state index in [1.807, 2.05) is 36.4 Å². The highest BCUT2D eigenvalue weighted by molar-refractivity contribution is 5.84. The first-order valence-electron chi connectivity index (χ1n) is 8.44. The molecular formula is C20H17NO6. The maximum absolute atomic E-state index is 11.1. The van der Waals surface area contributed by atoms with E-state index in [9.17, 15) is 4.79 Å². The van der Waals surface area contributed by atoms with Crippen LogP contribution in [-0.2, 0) is 16.1 Å². The Morgan fingerprint density at radius 2 is 1.89 bits per heavy atom. The highest BCUT2D eigenvalue weighted by atomic mass is 16.7. The highest BCUT2D eigenvalue weighted by Crippen LogP contribution is 2.39. The van der Waals surface area contributed by atoms with Crippen LogP contribution >= 0.6 is 0 Å². The van der Waals surface area contributed by atoms with Crippen molar-refractivity contribution in [2.75, 3.05) is 13.2 Å². The maximum atomic E-state index is 11.1. The molecule has 7 heteroatoms. The van der Waals surface area contributed by atoms with E-state index in [0.717, 1.165) is 5.56 Å². The standard InChI is InChI=1S/C20H17NO6/c22-19(23)16-11-21-18(27-16)14-7-4-8-15(17(14)20-24-9-10-25-20)26-12-13-5-2-1-3-6-13/h1-8,11,20H,9-10,12H2,(H,22,23). The summed E-state index contributed by atoms with van der Waals surface area (Å²) in [6.07, 6.45) is 0.544. The number of aromatic carboxylic acids is 1. The van der Waals surface area contributed by atoms with Crippen molar-refractivity contribution in [1.29, 1.82) is 0 Å². The lowest BCUT2D eigenvalue weighted by Crippen LogP contribution is -2.06. The summed E-state index contributed by atoms with van der Waals surface area (Å²) in [5.41, 5.74) is 2.22. The fourth-order valence-corrected chi connectivity index (χ4v) is 2.86. The average Bonchev–Trinajstić information content (AvgIpc) is 3.39. The molecule has 138 valence electrons. The van der Waals surface area contributed by atoms with Crippen molar-refractivity contribution in [2.45, 2.75) is 12.9 Å². The molecule has 1 aromatic heterocycles. The highest BCUT2D eigenvalue weighted by Gasteiger charge is 2.28. The molecule has 0 saturated carbocycles. The monoisotopic (exact) mass is 367 g/mol. The molecule has 0 radical (unpaired) electrons. The molecule has 0 unspecified atom stereocenters. The van der Waals surface area contributed by atoms with Crippen LogP contribution < -0.4 is 4.74 Å².